The molecule has 1 aromatic heterocycles. The molecule has 1 aromatic rings. The lowest BCUT2D eigenvalue weighted by atomic mass is 10.3. The van der Waals surface area contributed by atoms with Crippen LogP contribution < -0.4 is 21.3 Å². The van der Waals surface area contributed by atoms with Crippen LogP contribution in [0, 0.1) is 0 Å². The highest BCUT2D eigenvalue weighted by Crippen LogP contribution is 2.15. The Morgan fingerprint density at radius 3 is 2.94 bits per heavy atom. The standard InChI is InChI=1S/C12H12BrN5/c13-10-8(18-12-16-6-7-17-12)2-1-3-9-11(10)15-5-4-14-9/h2-5H,1,6-7H2,(H2,16,17,18). The van der Waals surface area contributed by atoms with E-state index in [4.69, 9.17) is 0 Å². The summed E-state index contributed by atoms with van der Waals surface area (Å²) in [6.07, 6.45) is 8.37. The van der Waals surface area contributed by atoms with Crippen molar-refractivity contribution in [1.82, 2.24) is 20.6 Å². The van der Waals surface area contributed by atoms with Gasteiger partial charge in [-0.05, 0) is 22.4 Å². The normalized spacial score (nSPS) is 17.9. The minimum absolute atomic E-state index is 0.811. The van der Waals surface area contributed by atoms with Crippen LogP contribution in [0.25, 0.3) is 10.6 Å². The second-order valence-corrected chi connectivity index (χ2v) is 4.74. The minimum Gasteiger partial charge on any atom is -0.354 e. The van der Waals surface area contributed by atoms with Gasteiger partial charge in [-0.25, -0.2) is 0 Å². The molecule has 92 valence electrons. The highest BCUT2D eigenvalue weighted by molar-refractivity contribution is 9.15. The van der Waals surface area contributed by atoms with Crippen LogP contribution in [0.1, 0.15) is 6.42 Å². The number of nitrogens with zero attached hydrogens (tertiary/aromatic N) is 3. The smallest absolute Gasteiger partial charge is 0.195 e. The maximum atomic E-state index is 4.37. The number of guanidine groups is 1. The molecule has 0 saturated heterocycles. The highest BCUT2D eigenvalue weighted by atomic mass is 79.9. The first-order chi connectivity index (χ1) is 8.84. The van der Waals surface area contributed by atoms with Gasteiger partial charge >= 0.3 is 0 Å². The van der Waals surface area contributed by atoms with Gasteiger partial charge in [0.15, 0.2) is 5.96 Å². The number of hydrogen-bond donors (Lipinski definition) is 2. The average Bonchev–Trinajstić information content (AvgIpc) is 2.85. The van der Waals surface area contributed by atoms with Crippen molar-refractivity contribution in [2.24, 2.45) is 4.99 Å². The molecule has 1 aliphatic heterocycles. The molecule has 2 N–H and O–H groups in total. The summed E-state index contributed by atoms with van der Waals surface area (Å²) < 4.78 is 0.913. The molecule has 0 fully saturated rings. The van der Waals surface area contributed by atoms with Crippen molar-refractivity contribution in [1.29, 1.82) is 0 Å². The van der Waals surface area contributed by atoms with Crippen LogP contribution in [0.4, 0.5) is 0 Å². The number of rotatable bonds is 1. The minimum atomic E-state index is 0.811. The van der Waals surface area contributed by atoms with Gasteiger partial charge in [0.25, 0.3) is 0 Å². The van der Waals surface area contributed by atoms with Gasteiger partial charge in [-0.2, -0.15) is 0 Å². The number of aliphatic imine (C=N–C) groups is 1. The van der Waals surface area contributed by atoms with Gasteiger partial charge in [0.2, 0.25) is 0 Å². The maximum absolute atomic E-state index is 4.37. The van der Waals surface area contributed by atoms with Crippen molar-refractivity contribution in [3.8, 4) is 0 Å². The van der Waals surface area contributed by atoms with Gasteiger partial charge in [-0.15, -0.1) is 0 Å². The summed E-state index contributed by atoms with van der Waals surface area (Å²) >= 11 is 3.59. The van der Waals surface area contributed by atoms with E-state index in [9.17, 15) is 0 Å². The van der Waals surface area contributed by atoms with Crippen LogP contribution >= 0.6 is 15.9 Å². The van der Waals surface area contributed by atoms with E-state index in [1.54, 1.807) is 12.4 Å². The first-order valence-electron chi connectivity index (χ1n) is 5.77. The third-order valence-electron chi connectivity index (χ3n) is 2.73. The number of fused-ring (bicyclic) bond motifs is 1. The fourth-order valence-corrected chi connectivity index (χ4v) is 2.45. The van der Waals surface area contributed by atoms with Gasteiger partial charge in [0, 0.05) is 18.9 Å². The Morgan fingerprint density at radius 1 is 1.22 bits per heavy atom. The molecule has 18 heavy (non-hydrogen) atoms. The van der Waals surface area contributed by atoms with Crippen molar-refractivity contribution < 1.29 is 0 Å². The van der Waals surface area contributed by atoms with Crippen LogP contribution in [0.3, 0.4) is 0 Å². The van der Waals surface area contributed by atoms with Crippen molar-refractivity contribution in [3.05, 3.63) is 34.9 Å². The van der Waals surface area contributed by atoms with Crippen molar-refractivity contribution in [2.45, 2.75) is 6.42 Å². The SMILES string of the molecule is BrC1=c2nccnc2=CCC=C1NC1=NCCN1. The Bertz CT molecular complexity index is 647. The van der Waals surface area contributed by atoms with Crippen molar-refractivity contribution in [3.63, 3.8) is 0 Å². The van der Waals surface area contributed by atoms with E-state index >= 15 is 0 Å². The van der Waals surface area contributed by atoms with E-state index in [1.807, 2.05) is 0 Å². The van der Waals surface area contributed by atoms with E-state index < -0.39 is 0 Å². The Labute approximate surface area is 113 Å². The summed E-state index contributed by atoms with van der Waals surface area (Å²) in [5.41, 5.74) is 0.971. The second-order valence-electron chi connectivity index (χ2n) is 3.94. The summed E-state index contributed by atoms with van der Waals surface area (Å²) in [7, 11) is 0. The number of hydrogen-bond acceptors (Lipinski definition) is 5. The fraction of sp³-hybridized carbons (Fsp3) is 0.250. The van der Waals surface area contributed by atoms with Gasteiger partial charge in [-0.3, -0.25) is 15.0 Å². The molecule has 0 saturated carbocycles. The molecule has 2 aliphatic rings. The van der Waals surface area contributed by atoms with Crippen molar-refractivity contribution in [2.75, 3.05) is 13.1 Å². The molecule has 1 aliphatic carbocycles. The second kappa shape index (κ2) is 4.89. The summed E-state index contributed by atoms with van der Waals surface area (Å²) in [5.74, 6) is 0.811. The molecule has 0 unspecified atom stereocenters. The lowest BCUT2D eigenvalue weighted by molar-refractivity contribution is 0.943. The van der Waals surface area contributed by atoms with Gasteiger partial charge in [0.1, 0.15) is 5.35 Å². The highest BCUT2D eigenvalue weighted by Gasteiger charge is 2.11. The summed E-state index contributed by atoms with van der Waals surface area (Å²) in [4.78, 5) is 13.0. The molecule has 0 radical (unpaired) electrons. The zero-order valence-corrected chi connectivity index (χ0v) is 11.2. The first-order valence-corrected chi connectivity index (χ1v) is 6.57. The molecular formula is C12H12BrN5. The monoisotopic (exact) mass is 305 g/mol. The van der Waals surface area contributed by atoms with Gasteiger partial charge in [-0.1, -0.05) is 12.2 Å². The van der Waals surface area contributed by atoms with E-state index in [0.29, 0.717) is 0 Å². The predicted octanol–water partition coefficient (Wildman–Crippen LogP) is -0.403. The Morgan fingerprint density at radius 2 is 2.11 bits per heavy atom. The predicted molar refractivity (Wildman–Crippen MR) is 74.2 cm³/mol. The quantitative estimate of drug-likeness (QED) is 0.741. The van der Waals surface area contributed by atoms with Crippen LogP contribution in [0.5, 0.6) is 0 Å². The van der Waals surface area contributed by atoms with E-state index in [-0.39, 0.29) is 0 Å². The zero-order chi connectivity index (χ0) is 12.4. The molecule has 0 bridgehead atoms. The molecular weight excluding hydrogens is 294 g/mol. The molecule has 0 aromatic carbocycles. The third-order valence-corrected chi connectivity index (χ3v) is 3.53. The lowest BCUT2D eigenvalue weighted by Gasteiger charge is -2.09. The van der Waals surface area contributed by atoms with Crippen molar-refractivity contribution >= 4 is 32.4 Å². The molecule has 6 heteroatoms. The van der Waals surface area contributed by atoms with E-state index in [1.165, 1.54) is 0 Å². The number of aromatic nitrogens is 2. The molecule has 5 nitrogen and oxygen atoms in total. The molecule has 0 spiro atoms. The van der Waals surface area contributed by atoms with Crippen LogP contribution in [0.15, 0.2) is 29.2 Å². The molecule has 0 atom stereocenters. The lowest BCUT2D eigenvalue weighted by Crippen LogP contribution is -2.36. The third kappa shape index (κ3) is 2.15. The number of halogens is 1. The fourth-order valence-electron chi connectivity index (χ4n) is 1.89. The summed E-state index contributed by atoms with van der Waals surface area (Å²) in [6, 6.07) is 0. The molecule has 3 rings (SSSR count). The number of nitrogens with one attached hydrogen (secondary N) is 2. The van der Waals surface area contributed by atoms with Crippen LogP contribution in [-0.2, 0) is 0 Å². The first kappa shape index (κ1) is 11.4. The topological polar surface area (TPSA) is 62.2 Å². The summed E-state index contributed by atoms with van der Waals surface area (Å²) in [5, 5.41) is 8.22. The zero-order valence-electron chi connectivity index (χ0n) is 9.65. The maximum Gasteiger partial charge on any atom is 0.195 e. The molecule has 2 heterocycles. The van der Waals surface area contributed by atoms with Crippen LogP contribution in [-0.4, -0.2) is 29.0 Å². The van der Waals surface area contributed by atoms with E-state index in [0.717, 1.165) is 46.3 Å². The Balaban J connectivity index is 2.02. The Kier molecular flexibility index (Phi) is 3.10. The van der Waals surface area contributed by atoms with Gasteiger partial charge in [0.05, 0.1) is 22.1 Å². The number of allylic oxidation sites excluding steroid dienone is 2. The Hall–Kier alpha value is -1.69. The summed E-state index contributed by atoms with van der Waals surface area (Å²) in [6.45, 7) is 1.70. The van der Waals surface area contributed by atoms with Crippen LogP contribution in [0.2, 0.25) is 0 Å². The van der Waals surface area contributed by atoms with E-state index in [2.05, 4.69) is 53.7 Å². The largest absolute Gasteiger partial charge is 0.354 e. The average molecular weight is 306 g/mol. The van der Waals surface area contributed by atoms with Gasteiger partial charge < -0.3 is 10.6 Å². The molecule has 0 amide bonds.